The number of aryl methyl sites for hydroxylation is 1. The Kier molecular flexibility index (Phi) is 3.57. The Labute approximate surface area is 104 Å². The third-order valence-corrected chi connectivity index (χ3v) is 2.68. The number of nitrogens with one attached hydrogen (secondary N) is 2. The van der Waals surface area contributed by atoms with E-state index in [2.05, 4.69) is 27.2 Å². The van der Waals surface area contributed by atoms with Crippen LogP contribution in [0.2, 0.25) is 0 Å². The fourth-order valence-corrected chi connectivity index (χ4v) is 1.67. The van der Waals surface area contributed by atoms with Gasteiger partial charge in [0.2, 0.25) is 0 Å². The molecule has 6 heteroatoms. The Morgan fingerprint density at radius 3 is 3.06 bits per heavy atom. The summed E-state index contributed by atoms with van der Waals surface area (Å²) in [6, 6.07) is 3.93. The minimum atomic E-state index is -0.343. The third kappa shape index (κ3) is 2.48. The fraction of sp³-hybridized carbons (Fsp3) is 0.250. The summed E-state index contributed by atoms with van der Waals surface area (Å²) in [6.45, 7) is 2.56. The summed E-state index contributed by atoms with van der Waals surface area (Å²) in [5.41, 5.74) is 7.47. The van der Waals surface area contributed by atoms with Gasteiger partial charge in [0.15, 0.2) is 5.82 Å². The van der Waals surface area contributed by atoms with Gasteiger partial charge >= 0.3 is 0 Å². The molecule has 0 saturated carbocycles. The Morgan fingerprint density at radius 1 is 1.44 bits per heavy atom. The minimum Gasteiger partial charge on any atom is -0.391 e. The van der Waals surface area contributed by atoms with Gasteiger partial charge in [-0.15, -0.1) is 0 Å². The van der Waals surface area contributed by atoms with Crippen LogP contribution in [-0.2, 0) is 13.0 Å². The second-order valence-electron chi connectivity index (χ2n) is 3.81. The van der Waals surface area contributed by atoms with E-state index in [-0.39, 0.29) is 11.2 Å². The second-order valence-corrected chi connectivity index (χ2v) is 3.81. The number of aromatic nitrogens is 3. The zero-order chi connectivity index (χ0) is 13.0. The van der Waals surface area contributed by atoms with Crippen molar-refractivity contribution in [2.75, 3.05) is 11.1 Å². The molecule has 0 radical (unpaired) electrons. The van der Waals surface area contributed by atoms with Crippen molar-refractivity contribution in [3.05, 3.63) is 46.3 Å². The predicted octanol–water partition coefficient (Wildman–Crippen LogP) is 0.922. The van der Waals surface area contributed by atoms with Crippen LogP contribution in [0.4, 0.5) is 11.5 Å². The molecule has 0 unspecified atom stereocenters. The summed E-state index contributed by atoms with van der Waals surface area (Å²) in [5.74, 6) is 0.381. The first-order valence-corrected chi connectivity index (χ1v) is 5.72. The lowest BCUT2D eigenvalue weighted by molar-refractivity contribution is 0.960. The Hall–Kier alpha value is -2.37. The first-order valence-electron chi connectivity index (χ1n) is 5.72. The highest BCUT2D eigenvalue weighted by Gasteiger charge is 2.06. The molecule has 0 aliphatic carbocycles. The van der Waals surface area contributed by atoms with Crippen LogP contribution in [-0.4, -0.2) is 15.0 Å². The lowest BCUT2D eigenvalue weighted by atomic mass is 10.1. The molecule has 18 heavy (non-hydrogen) atoms. The van der Waals surface area contributed by atoms with Crippen LogP contribution in [0.5, 0.6) is 0 Å². The van der Waals surface area contributed by atoms with E-state index in [0.717, 1.165) is 17.7 Å². The molecule has 0 spiro atoms. The van der Waals surface area contributed by atoms with E-state index < -0.39 is 0 Å². The van der Waals surface area contributed by atoms with Crippen LogP contribution < -0.4 is 16.6 Å². The van der Waals surface area contributed by atoms with Crippen LogP contribution >= 0.6 is 0 Å². The molecule has 0 aromatic carbocycles. The summed E-state index contributed by atoms with van der Waals surface area (Å²) in [4.78, 5) is 22.0. The summed E-state index contributed by atoms with van der Waals surface area (Å²) in [5, 5.41) is 3.03. The number of nitrogens with two attached hydrogens (primary N) is 1. The first kappa shape index (κ1) is 12.1. The monoisotopic (exact) mass is 245 g/mol. The normalized spacial score (nSPS) is 10.3. The van der Waals surface area contributed by atoms with Gasteiger partial charge in [0.25, 0.3) is 5.56 Å². The molecule has 0 fully saturated rings. The molecule has 2 heterocycles. The van der Waals surface area contributed by atoms with Gasteiger partial charge in [-0.3, -0.25) is 9.78 Å². The molecule has 4 N–H and O–H groups in total. The van der Waals surface area contributed by atoms with Crippen molar-refractivity contribution < 1.29 is 0 Å². The van der Waals surface area contributed by atoms with Crippen molar-refractivity contribution in [2.24, 2.45) is 0 Å². The van der Waals surface area contributed by atoms with E-state index in [1.165, 1.54) is 6.33 Å². The van der Waals surface area contributed by atoms with Crippen LogP contribution in [0, 0.1) is 0 Å². The highest BCUT2D eigenvalue weighted by atomic mass is 16.1. The van der Waals surface area contributed by atoms with Crippen LogP contribution in [0.1, 0.15) is 18.2 Å². The van der Waals surface area contributed by atoms with Gasteiger partial charge in [-0.1, -0.05) is 13.0 Å². The van der Waals surface area contributed by atoms with Crippen molar-refractivity contribution in [1.29, 1.82) is 0 Å². The number of rotatable bonds is 4. The number of H-pyrrole nitrogens is 1. The molecule has 2 rings (SSSR count). The van der Waals surface area contributed by atoms with E-state index in [1.54, 1.807) is 6.20 Å². The number of pyridine rings is 1. The molecule has 0 saturated heterocycles. The van der Waals surface area contributed by atoms with Crippen molar-refractivity contribution in [2.45, 2.75) is 19.9 Å². The van der Waals surface area contributed by atoms with Gasteiger partial charge in [-0.2, -0.15) is 0 Å². The van der Waals surface area contributed by atoms with Gasteiger partial charge in [0, 0.05) is 6.20 Å². The summed E-state index contributed by atoms with van der Waals surface area (Å²) in [7, 11) is 0. The summed E-state index contributed by atoms with van der Waals surface area (Å²) < 4.78 is 0. The first-order chi connectivity index (χ1) is 8.72. The number of nitrogen functional groups attached to an aromatic ring is 1. The quantitative estimate of drug-likeness (QED) is 0.744. The number of aromatic amines is 1. The second kappa shape index (κ2) is 5.31. The number of hydrogen-bond donors (Lipinski definition) is 3. The van der Waals surface area contributed by atoms with E-state index in [1.807, 2.05) is 12.1 Å². The van der Waals surface area contributed by atoms with E-state index >= 15 is 0 Å². The number of anilines is 2. The van der Waals surface area contributed by atoms with E-state index in [4.69, 9.17) is 5.73 Å². The van der Waals surface area contributed by atoms with Gasteiger partial charge in [0.1, 0.15) is 5.69 Å². The minimum absolute atomic E-state index is 0.0893. The zero-order valence-corrected chi connectivity index (χ0v) is 10.1. The molecular weight excluding hydrogens is 230 g/mol. The van der Waals surface area contributed by atoms with E-state index in [0.29, 0.717) is 12.4 Å². The molecule has 94 valence electrons. The maximum atomic E-state index is 11.3. The Bertz CT molecular complexity index is 593. The van der Waals surface area contributed by atoms with E-state index in [9.17, 15) is 4.79 Å². The number of nitrogens with zero attached hydrogens (tertiary/aromatic N) is 2. The molecule has 0 aliphatic rings. The largest absolute Gasteiger partial charge is 0.391 e. The Balaban J connectivity index is 2.16. The summed E-state index contributed by atoms with van der Waals surface area (Å²) >= 11 is 0. The SMILES string of the molecule is CCc1cccnc1CNc1nc[nH]c(=O)c1N. The van der Waals surface area contributed by atoms with Crippen molar-refractivity contribution in [3.8, 4) is 0 Å². The van der Waals surface area contributed by atoms with Gasteiger partial charge in [-0.05, 0) is 18.1 Å². The Morgan fingerprint density at radius 2 is 2.28 bits per heavy atom. The van der Waals surface area contributed by atoms with Crippen molar-refractivity contribution in [1.82, 2.24) is 15.0 Å². The lowest BCUT2D eigenvalue weighted by Gasteiger charge is -2.09. The topological polar surface area (TPSA) is 96.7 Å². The number of hydrogen-bond acceptors (Lipinski definition) is 5. The summed E-state index contributed by atoms with van der Waals surface area (Å²) in [6.07, 6.45) is 3.97. The highest BCUT2D eigenvalue weighted by Crippen LogP contribution is 2.11. The van der Waals surface area contributed by atoms with Crippen molar-refractivity contribution >= 4 is 11.5 Å². The average molecular weight is 245 g/mol. The molecule has 0 aliphatic heterocycles. The van der Waals surface area contributed by atoms with Crippen LogP contribution in [0.15, 0.2) is 29.5 Å². The van der Waals surface area contributed by atoms with Gasteiger partial charge in [0.05, 0.1) is 18.6 Å². The molecule has 0 atom stereocenters. The zero-order valence-electron chi connectivity index (χ0n) is 10.1. The van der Waals surface area contributed by atoms with Crippen LogP contribution in [0.3, 0.4) is 0 Å². The highest BCUT2D eigenvalue weighted by molar-refractivity contribution is 5.58. The van der Waals surface area contributed by atoms with Crippen LogP contribution in [0.25, 0.3) is 0 Å². The lowest BCUT2D eigenvalue weighted by Crippen LogP contribution is -2.16. The predicted molar refractivity (Wildman–Crippen MR) is 70.2 cm³/mol. The average Bonchev–Trinajstić information content (AvgIpc) is 2.41. The smallest absolute Gasteiger partial charge is 0.276 e. The standard InChI is InChI=1S/C12H15N5O/c1-2-8-4-3-5-14-9(8)6-15-11-10(13)12(18)17-7-16-11/h3-5,7H,2,6,13H2,1H3,(H2,15,16,17,18). The molecule has 2 aromatic heterocycles. The molecule has 6 nitrogen and oxygen atoms in total. The fourth-order valence-electron chi connectivity index (χ4n) is 1.67. The molecule has 2 aromatic rings. The molecule has 0 bridgehead atoms. The van der Waals surface area contributed by atoms with Gasteiger partial charge < -0.3 is 16.0 Å². The maximum absolute atomic E-state index is 11.3. The van der Waals surface area contributed by atoms with Crippen molar-refractivity contribution in [3.63, 3.8) is 0 Å². The molecule has 0 amide bonds. The van der Waals surface area contributed by atoms with Gasteiger partial charge in [-0.25, -0.2) is 4.98 Å². The maximum Gasteiger partial charge on any atom is 0.276 e. The third-order valence-electron chi connectivity index (χ3n) is 2.68. The molecular formula is C12H15N5O.